The first-order valence-corrected chi connectivity index (χ1v) is 8.37. The zero-order valence-corrected chi connectivity index (χ0v) is 14.7. The molecule has 0 unspecified atom stereocenters. The first-order valence-electron chi connectivity index (χ1n) is 8.37. The Kier molecular flexibility index (Phi) is 11.8. The molecule has 0 atom stereocenters. The molecule has 1 nitrogen and oxygen atoms in total. The Hall–Kier alpha value is -1.77. The van der Waals surface area contributed by atoms with Crippen LogP contribution in [0.4, 0.5) is 8.78 Å². The van der Waals surface area contributed by atoms with Gasteiger partial charge in [0.2, 0.25) is 0 Å². The monoisotopic (exact) mass is 321 g/mol. The van der Waals surface area contributed by atoms with Crippen molar-refractivity contribution in [2.45, 2.75) is 59.3 Å². The van der Waals surface area contributed by atoms with Crippen molar-refractivity contribution in [2.24, 2.45) is 0 Å². The number of benzene rings is 1. The molecule has 0 bridgehead atoms. The summed E-state index contributed by atoms with van der Waals surface area (Å²) in [5.41, 5.74) is 0.972. The molecule has 0 aliphatic heterocycles. The molecule has 0 fully saturated rings. The second-order valence-electron chi connectivity index (χ2n) is 5.03. The van der Waals surface area contributed by atoms with E-state index in [2.05, 4.69) is 11.9 Å². The van der Waals surface area contributed by atoms with Crippen LogP contribution in [-0.2, 0) is 12.3 Å². The lowest BCUT2D eigenvalue weighted by atomic mass is 9.98. The SMILES string of the molecule is CC.CCCCCc1ccccc1C(C)(F)F.c1ccncc1. The number of nitrogens with zero attached hydrogens (tertiary/aromatic N) is 1. The molecule has 3 heteroatoms. The molecule has 1 aromatic heterocycles. The van der Waals surface area contributed by atoms with Gasteiger partial charge >= 0.3 is 0 Å². The molecule has 1 heterocycles. The zero-order chi connectivity index (χ0) is 17.6. The molecule has 0 aliphatic rings. The summed E-state index contributed by atoms with van der Waals surface area (Å²) in [4.78, 5) is 3.78. The number of aryl methyl sites for hydroxylation is 1. The summed E-state index contributed by atoms with van der Waals surface area (Å²) in [7, 11) is 0. The number of unbranched alkanes of at least 4 members (excludes halogenated alkanes) is 2. The summed E-state index contributed by atoms with van der Waals surface area (Å²) >= 11 is 0. The molecule has 0 aliphatic carbocycles. The van der Waals surface area contributed by atoms with Crippen LogP contribution >= 0.6 is 0 Å². The highest BCUT2D eigenvalue weighted by atomic mass is 19.3. The molecule has 128 valence electrons. The molecule has 23 heavy (non-hydrogen) atoms. The van der Waals surface area contributed by atoms with Crippen LogP contribution in [0.2, 0.25) is 0 Å². The minimum atomic E-state index is -2.72. The van der Waals surface area contributed by atoms with Crippen molar-refractivity contribution in [3.63, 3.8) is 0 Å². The Balaban J connectivity index is 0.000000501. The molecule has 1 aromatic carbocycles. The molecule has 0 amide bonds. The minimum Gasteiger partial charge on any atom is -0.265 e. The Morgan fingerprint density at radius 1 is 0.913 bits per heavy atom. The Morgan fingerprint density at radius 3 is 1.96 bits per heavy atom. The average Bonchev–Trinajstić information content (AvgIpc) is 2.59. The van der Waals surface area contributed by atoms with Crippen LogP contribution in [0.3, 0.4) is 0 Å². The molecular weight excluding hydrogens is 292 g/mol. The summed E-state index contributed by atoms with van der Waals surface area (Å²) in [6, 6.07) is 12.6. The molecule has 0 N–H and O–H groups in total. The third-order valence-corrected chi connectivity index (χ3v) is 3.11. The van der Waals surface area contributed by atoms with E-state index in [1.54, 1.807) is 18.5 Å². The average molecular weight is 321 g/mol. The summed E-state index contributed by atoms with van der Waals surface area (Å²) in [5.74, 6) is -2.72. The smallest absolute Gasteiger partial charge is 0.265 e. The van der Waals surface area contributed by atoms with Crippen LogP contribution in [0.25, 0.3) is 0 Å². The standard InChI is InChI=1S/C13H18F2.C5H5N.C2H6/c1-3-4-5-8-11-9-6-7-10-12(11)13(2,14)15;1-2-4-6-5-3-1;1-2/h6-7,9-10H,3-5,8H2,1-2H3;1-5H;1-2H3. The number of hydrogen-bond donors (Lipinski definition) is 0. The van der Waals surface area contributed by atoms with Gasteiger partial charge in [0.25, 0.3) is 5.92 Å². The third kappa shape index (κ3) is 9.77. The van der Waals surface area contributed by atoms with Gasteiger partial charge in [-0.25, -0.2) is 8.78 Å². The van der Waals surface area contributed by atoms with Gasteiger partial charge in [-0.2, -0.15) is 0 Å². The second kappa shape index (κ2) is 12.7. The lowest BCUT2D eigenvalue weighted by molar-refractivity contribution is 0.0165. The van der Waals surface area contributed by atoms with E-state index in [0.29, 0.717) is 0 Å². The maximum Gasteiger partial charge on any atom is 0.270 e. The molecular formula is C20H29F2N. The minimum absolute atomic E-state index is 0.182. The van der Waals surface area contributed by atoms with E-state index >= 15 is 0 Å². The van der Waals surface area contributed by atoms with Gasteiger partial charge < -0.3 is 0 Å². The van der Waals surface area contributed by atoms with E-state index < -0.39 is 5.92 Å². The number of pyridine rings is 1. The summed E-state index contributed by atoms with van der Waals surface area (Å²) in [6.07, 6.45) is 7.46. The lowest BCUT2D eigenvalue weighted by Crippen LogP contribution is -2.10. The van der Waals surface area contributed by atoms with Crippen LogP contribution < -0.4 is 0 Å². The van der Waals surface area contributed by atoms with E-state index in [1.165, 1.54) is 6.07 Å². The fourth-order valence-corrected chi connectivity index (χ4v) is 2.04. The predicted octanol–water partition coefficient (Wildman–Crippen LogP) is 6.64. The highest BCUT2D eigenvalue weighted by molar-refractivity contribution is 5.30. The topological polar surface area (TPSA) is 12.9 Å². The normalized spacial score (nSPS) is 10.0. The number of aromatic nitrogens is 1. The number of hydrogen-bond acceptors (Lipinski definition) is 1. The quantitative estimate of drug-likeness (QED) is 0.563. The van der Waals surface area contributed by atoms with E-state index in [4.69, 9.17) is 0 Å². The summed E-state index contributed by atoms with van der Waals surface area (Å²) < 4.78 is 26.4. The first-order chi connectivity index (χ1) is 11.1. The van der Waals surface area contributed by atoms with Gasteiger partial charge in [-0.15, -0.1) is 0 Å². The van der Waals surface area contributed by atoms with Gasteiger partial charge in [0.1, 0.15) is 0 Å². The molecule has 0 saturated carbocycles. The van der Waals surface area contributed by atoms with Crippen LogP contribution in [0, 0.1) is 0 Å². The Morgan fingerprint density at radius 2 is 1.52 bits per heavy atom. The lowest BCUT2D eigenvalue weighted by Gasteiger charge is -2.15. The maximum absolute atomic E-state index is 13.2. The van der Waals surface area contributed by atoms with Gasteiger partial charge in [0.15, 0.2) is 0 Å². The third-order valence-electron chi connectivity index (χ3n) is 3.11. The number of alkyl halides is 2. The van der Waals surface area contributed by atoms with Gasteiger partial charge in [-0.05, 0) is 30.5 Å². The molecule has 0 radical (unpaired) electrons. The van der Waals surface area contributed by atoms with E-state index in [1.807, 2.05) is 44.2 Å². The van der Waals surface area contributed by atoms with E-state index in [-0.39, 0.29) is 5.56 Å². The van der Waals surface area contributed by atoms with E-state index in [0.717, 1.165) is 38.2 Å². The fourth-order valence-electron chi connectivity index (χ4n) is 2.04. The number of rotatable bonds is 5. The molecule has 0 spiro atoms. The van der Waals surface area contributed by atoms with Crippen molar-refractivity contribution in [3.05, 3.63) is 66.0 Å². The Labute approximate surface area is 139 Å². The highest BCUT2D eigenvalue weighted by Crippen LogP contribution is 2.30. The van der Waals surface area contributed by atoms with Crippen molar-refractivity contribution in [2.75, 3.05) is 0 Å². The summed E-state index contributed by atoms with van der Waals surface area (Å²) in [6.45, 7) is 7.08. The largest absolute Gasteiger partial charge is 0.270 e. The van der Waals surface area contributed by atoms with Gasteiger partial charge in [0.05, 0.1) is 0 Å². The predicted molar refractivity (Wildman–Crippen MR) is 94.8 cm³/mol. The molecule has 0 saturated heterocycles. The van der Waals surface area contributed by atoms with Crippen molar-refractivity contribution < 1.29 is 8.78 Å². The fraction of sp³-hybridized carbons (Fsp3) is 0.450. The van der Waals surface area contributed by atoms with Crippen LogP contribution in [0.1, 0.15) is 58.1 Å². The van der Waals surface area contributed by atoms with Crippen LogP contribution in [-0.4, -0.2) is 4.98 Å². The van der Waals surface area contributed by atoms with Crippen molar-refractivity contribution >= 4 is 0 Å². The molecule has 2 aromatic rings. The highest BCUT2D eigenvalue weighted by Gasteiger charge is 2.26. The first kappa shape index (κ1) is 21.2. The molecule has 2 rings (SSSR count). The van der Waals surface area contributed by atoms with Gasteiger partial charge in [0, 0.05) is 24.9 Å². The summed E-state index contributed by atoms with van der Waals surface area (Å²) in [5, 5.41) is 0. The van der Waals surface area contributed by atoms with E-state index in [9.17, 15) is 8.78 Å². The van der Waals surface area contributed by atoms with Crippen molar-refractivity contribution in [1.82, 2.24) is 4.98 Å². The Bertz CT molecular complexity index is 466. The van der Waals surface area contributed by atoms with Gasteiger partial charge in [-0.3, -0.25) is 4.98 Å². The maximum atomic E-state index is 13.2. The van der Waals surface area contributed by atoms with Crippen LogP contribution in [0.15, 0.2) is 54.9 Å². The van der Waals surface area contributed by atoms with Crippen LogP contribution in [0.5, 0.6) is 0 Å². The van der Waals surface area contributed by atoms with Crippen molar-refractivity contribution in [3.8, 4) is 0 Å². The van der Waals surface area contributed by atoms with Gasteiger partial charge in [-0.1, -0.05) is 63.9 Å². The zero-order valence-electron chi connectivity index (χ0n) is 14.7. The second-order valence-corrected chi connectivity index (χ2v) is 5.03. The van der Waals surface area contributed by atoms with Crippen molar-refractivity contribution in [1.29, 1.82) is 0 Å². The number of halogens is 2.